The Bertz CT molecular complexity index is 968. The summed E-state index contributed by atoms with van der Waals surface area (Å²) in [7, 11) is 4.45. The molecule has 30 heavy (non-hydrogen) atoms. The number of ether oxygens (including phenoxy) is 6. The number of hydrogen-bond donors (Lipinski definition) is 0. The molecule has 0 saturated carbocycles. The molecule has 1 heterocycles. The van der Waals surface area contributed by atoms with Gasteiger partial charge in [0.2, 0.25) is 12.6 Å². The van der Waals surface area contributed by atoms with E-state index in [2.05, 4.69) is 0 Å². The lowest BCUT2D eigenvalue weighted by molar-refractivity contribution is -0.137. The van der Waals surface area contributed by atoms with Gasteiger partial charge >= 0.3 is 5.97 Å². The van der Waals surface area contributed by atoms with E-state index in [-0.39, 0.29) is 24.5 Å². The molecule has 2 aromatic rings. The lowest BCUT2D eigenvalue weighted by Crippen LogP contribution is -2.16. The second-order valence-electron chi connectivity index (χ2n) is 6.12. The minimum atomic E-state index is -0.764. The molecule has 0 bridgehead atoms. The van der Waals surface area contributed by atoms with Crippen LogP contribution in [0.1, 0.15) is 22.8 Å². The molecule has 2 aromatic carbocycles. The molecule has 0 saturated heterocycles. The Balaban J connectivity index is 2.12. The highest BCUT2D eigenvalue weighted by Crippen LogP contribution is 2.37. The van der Waals surface area contributed by atoms with E-state index in [0.29, 0.717) is 34.3 Å². The predicted molar refractivity (Wildman–Crippen MR) is 108 cm³/mol. The highest BCUT2D eigenvalue weighted by atomic mass is 16.7. The molecule has 0 aliphatic carbocycles. The van der Waals surface area contributed by atoms with Crippen LogP contribution in [0, 0.1) is 0 Å². The van der Waals surface area contributed by atoms with Crippen molar-refractivity contribution in [2.24, 2.45) is 0 Å². The van der Waals surface area contributed by atoms with Crippen molar-refractivity contribution in [2.75, 3.05) is 34.7 Å². The molecule has 8 nitrogen and oxygen atoms in total. The third-order valence-electron chi connectivity index (χ3n) is 4.42. The summed E-state index contributed by atoms with van der Waals surface area (Å²) >= 11 is 0. The zero-order valence-corrected chi connectivity index (χ0v) is 17.1. The number of hydrogen-bond acceptors (Lipinski definition) is 8. The smallest absolute Gasteiger partial charge is 0.342 e. The van der Waals surface area contributed by atoms with E-state index < -0.39 is 11.8 Å². The van der Waals surface area contributed by atoms with Crippen LogP contribution in [0.5, 0.6) is 28.7 Å². The Kier molecular flexibility index (Phi) is 6.46. The molecular formula is C22H22O8. The molecule has 0 atom stereocenters. The van der Waals surface area contributed by atoms with E-state index in [9.17, 15) is 9.59 Å². The van der Waals surface area contributed by atoms with Crippen LogP contribution >= 0.6 is 0 Å². The Morgan fingerprint density at radius 2 is 1.63 bits per heavy atom. The summed E-state index contributed by atoms with van der Waals surface area (Å²) in [5.41, 5.74) is 0.473. The summed E-state index contributed by atoms with van der Waals surface area (Å²) in [5.74, 6) is 0.903. The average Bonchev–Trinajstić information content (AvgIpc) is 3.24. The van der Waals surface area contributed by atoms with Crippen LogP contribution in [0.2, 0.25) is 0 Å². The van der Waals surface area contributed by atoms with Crippen molar-refractivity contribution < 1.29 is 38.0 Å². The van der Waals surface area contributed by atoms with Crippen LogP contribution in [0.3, 0.4) is 0 Å². The molecule has 8 heteroatoms. The number of ketones is 1. The van der Waals surface area contributed by atoms with Crippen LogP contribution < -0.4 is 23.7 Å². The van der Waals surface area contributed by atoms with Gasteiger partial charge in [-0.15, -0.1) is 0 Å². The highest BCUT2D eigenvalue weighted by molar-refractivity contribution is 6.27. The molecule has 0 spiro atoms. The third kappa shape index (κ3) is 4.17. The number of fused-ring (bicyclic) bond motifs is 1. The van der Waals surface area contributed by atoms with Crippen LogP contribution in [0.25, 0.3) is 6.08 Å². The lowest BCUT2D eigenvalue weighted by atomic mass is 9.99. The molecular weight excluding hydrogens is 392 g/mol. The van der Waals surface area contributed by atoms with Gasteiger partial charge in [0.15, 0.2) is 11.5 Å². The average molecular weight is 414 g/mol. The summed E-state index contributed by atoms with van der Waals surface area (Å²) < 4.78 is 31.8. The first kappa shape index (κ1) is 21.0. The molecule has 0 aromatic heterocycles. The second-order valence-corrected chi connectivity index (χ2v) is 6.12. The van der Waals surface area contributed by atoms with E-state index in [1.165, 1.54) is 33.5 Å². The monoisotopic (exact) mass is 414 g/mol. The van der Waals surface area contributed by atoms with Gasteiger partial charge < -0.3 is 28.4 Å². The Hall–Kier alpha value is -3.68. The van der Waals surface area contributed by atoms with Crippen molar-refractivity contribution in [3.05, 3.63) is 47.0 Å². The minimum absolute atomic E-state index is 0.0772. The SMILES string of the molecule is CCOC(=O)/C(=C\c1c(OC)cc(OC)cc1OC)C(=O)c1ccc2c(c1)OCO2. The first-order valence-electron chi connectivity index (χ1n) is 9.15. The van der Waals surface area contributed by atoms with Crippen LogP contribution in [0.15, 0.2) is 35.9 Å². The second kappa shape index (κ2) is 9.21. The number of Topliss-reactive ketones (excluding diaryl/α,β-unsaturated/α-hetero) is 1. The molecule has 0 fully saturated rings. The third-order valence-corrected chi connectivity index (χ3v) is 4.42. The Labute approximate surface area is 173 Å². The number of carbonyl (C=O) groups excluding carboxylic acids is 2. The standard InChI is InChI=1S/C22H22O8/c1-5-28-22(24)16(21(23)13-6-7-17-20(8-13)30-12-29-17)11-15-18(26-3)9-14(25-2)10-19(15)27-4/h6-11H,5,12H2,1-4H3/b16-11-. The fourth-order valence-electron chi connectivity index (χ4n) is 2.94. The lowest BCUT2D eigenvalue weighted by Gasteiger charge is -2.14. The van der Waals surface area contributed by atoms with Gasteiger partial charge in [0.05, 0.1) is 33.5 Å². The minimum Gasteiger partial charge on any atom is -0.496 e. The number of esters is 1. The van der Waals surface area contributed by atoms with Gasteiger partial charge in [-0.2, -0.15) is 0 Å². The molecule has 0 unspecified atom stereocenters. The summed E-state index contributed by atoms with van der Waals surface area (Å²) in [6, 6.07) is 7.96. The topological polar surface area (TPSA) is 89.5 Å². The van der Waals surface area contributed by atoms with Crippen molar-refractivity contribution in [3.8, 4) is 28.7 Å². The van der Waals surface area contributed by atoms with Crippen molar-refractivity contribution in [2.45, 2.75) is 6.92 Å². The summed E-state index contributed by atoms with van der Waals surface area (Å²) in [4.78, 5) is 25.9. The van der Waals surface area contributed by atoms with Gasteiger partial charge in [0, 0.05) is 17.7 Å². The first-order chi connectivity index (χ1) is 14.5. The van der Waals surface area contributed by atoms with Gasteiger partial charge in [-0.05, 0) is 31.2 Å². The quantitative estimate of drug-likeness (QED) is 0.214. The fourth-order valence-corrected chi connectivity index (χ4v) is 2.94. The molecule has 0 amide bonds. The Morgan fingerprint density at radius 1 is 0.967 bits per heavy atom. The first-order valence-corrected chi connectivity index (χ1v) is 9.15. The molecule has 0 N–H and O–H groups in total. The van der Waals surface area contributed by atoms with E-state index in [4.69, 9.17) is 28.4 Å². The maximum atomic E-state index is 13.2. The van der Waals surface area contributed by atoms with Crippen molar-refractivity contribution >= 4 is 17.8 Å². The summed E-state index contributed by atoms with van der Waals surface area (Å²) in [5, 5.41) is 0. The highest BCUT2D eigenvalue weighted by Gasteiger charge is 2.25. The zero-order valence-electron chi connectivity index (χ0n) is 17.1. The number of methoxy groups -OCH3 is 3. The van der Waals surface area contributed by atoms with Crippen LogP contribution in [-0.2, 0) is 9.53 Å². The fraction of sp³-hybridized carbons (Fsp3) is 0.273. The molecule has 1 aliphatic rings. The van der Waals surface area contributed by atoms with Crippen LogP contribution in [-0.4, -0.2) is 46.5 Å². The summed E-state index contributed by atoms with van der Waals surface area (Å²) in [6.07, 6.45) is 1.39. The van der Waals surface area contributed by atoms with Crippen molar-refractivity contribution in [3.63, 3.8) is 0 Å². The van der Waals surface area contributed by atoms with Crippen molar-refractivity contribution in [1.29, 1.82) is 0 Å². The number of benzene rings is 2. The Morgan fingerprint density at radius 3 is 2.23 bits per heavy atom. The van der Waals surface area contributed by atoms with Crippen LogP contribution in [0.4, 0.5) is 0 Å². The molecule has 158 valence electrons. The van der Waals surface area contributed by atoms with E-state index in [0.717, 1.165) is 0 Å². The number of carbonyl (C=O) groups is 2. The molecule has 1 aliphatic heterocycles. The van der Waals surface area contributed by atoms with Gasteiger partial charge in [-0.25, -0.2) is 4.79 Å². The predicted octanol–water partition coefficient (Wildman–Crippen LogP) is 3.27. The van der Waals surface area contributed by atoms with Gasteiger partial charge in [0.1, 0.15) is 22.8 Å². The maximum Gasteiger partial charge on any atom is 0.342 e. The molecule has 3 rings (SSSR count). The normalized spacial score (nSPS) is 12.3. The van der Waals surface area contributed by atoms with E-state index >= 15 is 0 Å². The zero-order chi connectivity index (χ0) is 21.7. The van der Waals surface area contributed by atoms with Gasteiger partial charge in [-0.3, -0.25) is 4.79 Å². The number of rotatable bonds is 8. The van der Waals surface area contributed by atoms with Crippen molar-refractivity contribution in [1.82, 2.24) is 0 Å². The van der Waals surface area contributed by atoms with Gasteiger partial charge in [0.25, 0.3) is 0 Å². The van der Waals surface area contributed by atoms with E-state index in [1.54, 1.807) is 31.2 Å². The van der Waals surface area contributed by atoms with Gasteiger partial charge in [-0.1, -0.05) is 0 Å². The van der Waals surface area contributed by atoms with E-state index in [1.807, 2.05) is 0 Å². The summed E-state index contributed by atoms with van der Waals surface area (Å²) in [6.45, 7) is 1.85. The maximum absolute atomic E-state index is 13.2. The largest absolute Gasteiger partial charge is 0.496 e. The molecule has 0 radical (unpaired) electrons.